The summed E-state index contributed by atoms with van der Waals surface area (Å²) in [5.41, 5.74) is 3.37. The Morgan fingerprint density at radius 3 is 2.65 bits per heavy atom. The molecule has 0 unspecified atom stereocenters. The van der Waals surface area contributed by atoms with Gasteiger partial charge >= 0.3 is 0 Å². The molecule has 0 bridgehead atoms. The van der Waals surface area contributed by atoms with Crippen molar-refractivity contribution in [2.45, 2.75) is 13.3 Å². The summed E-state index contributed by atoms with van der Waals surface area (Å²) in [5.74, 6) is -0.0995. The minimum atomic E-state index is -0.0995. The van der Waals surface area contributed by atoms with Gasteiger partial charge in [-0.1, -0.05) is 48.0 Å². The molecule has 116 valence electrons. The van der Waals surface area contributed by atoms with E-state index in [1.54, 1.807) is 17.4 Å². The molecule has 0 atom stereocenters. The van der Waals surface area contributed by atoms with Gasteiger partial charge in [-0.3, -0.25) is 4.79 Å². The Kier molecular flexibility index (Phi) is 4.74. The third kappa shape index (κ3) is 3.78. The highest BCUT2D eigenvalue weighted by atomic mass is 35.5. The maximum atomic E-state index is 12.3. The number of para-hydroxylation sites is 1. The predicted molar refractivity (Wildman–Crippen MR) is 96.1 cm³/mol. The number of nitrogens with zero attached hydrogens (tertiary/aromatic N) is 1. The molecule has 0 spiro atoms. The molecule has 0 fully saturated rings. The van der Waals surface area contributed by atoms with E-state index in [1.807, 2.05) is 54.8 Å². The van der Waals surface area contributed by atoms with E-state index in [0.29, 0.717) is 5.02 Å². The SMILES string of the molecule is Cc1nc(-c2ccccc2NC(=O)Cc2ccccc2Cl)cs1. The van der Waals surface area contributed by atoms with Crippen LogP contribution in [0.4, 0.5) is 5.69 Å². The van der Waals surface area contributed by atoms with E-state index in [9.17, 15) is 4.79 Å². The second-order valence-electron chi connectivity index (χ2n) is 5.11. The lowest BCUT2D eigenvalue weighted by Gasteiger charge is -2.10. The third-order valence-corrected chi connectivity index (χ3v) is 4.55. The van der Waals surface area contributed by atoms with Gasteiger partial charge in [0.15, 0.2) is 0 Å². The number of halogens is 1. The summed E-state index contributed by atoms with van der Waals surface area (Å²) >= 11 is 7.70. The molecule has 2 aromatic carbocycles. The van der Waals surface area contributed by atoms with Crippen molar-refractivity contribution >= 4 is 34.5 Å². The molecule has 3 rings (SSSR count). The Morgan fingerprint density at radius 1 is 1.17 bits per heavy atom. The van der Waals surface area contributed by atoms with Crippen LogP contribution in [0.3, 0.4) is 0 Å². The first kappa shape index (κ1) is 15.7. The normalized spacial score (nSPS) is 10.5. The highest BCUT2D eigenvalue weighted by molar-refractivity contribution is 7.09. The van der Waals surface area contributed by atoms with Gasteiger partial charge in [-0.25, -0.2) is 4.98 Å². The monoisotopic (exact) mass is 342 g/mol. The minimum Gasteiger partial charge on any atom is -0.325 e. The summed E-state index contributed by atoms with van der Waals surface area (Å²) in [7, 11) is 0. The molecule has 0 aliphatic heterocycles. The van der Waals surface area contributed by atoms with Crippen LogP contribution in [0.1, 0.15) is 10.6 Å². The smallest absolute Gasteiger partial charge is 0.228 e. The Hall–Kier alpha value is -2.17. The van der Waals surface area contributed by atoms with Gasteiger partial charge in [0.2, 0.25) is 5.91 Å². The number of thiazole rings is 1. The number of carbonyl (C=O) groups is 1. The van der Waals surface area contributed by atoms with Crippen LogP contribution >= 0.6 is 22.9 Å². The zero-order valence-electron chi connectivity index (χ0n) is 12.5. The van der Waals surface area contributed by atoms with Crippen LogP contribution in [0, 0.1) is 6.92 Å². The van der Waals surface area contributed by atoms with Crippen molar-refractivity contribution in [3.8, 4) is 11.3 Å². The lowest BCUT2D eigenvalue weighted by molar-refractivity contribution is -0.115. The largest absolute Gasteiger partial charge is 0.325 e. The fraction of sp³-hybridized carbons (Fsp3) is 0.111. The van der Waals surface area contributed by atoms with E-state index in [4.69, 9.17) is 11.6 Å². The van der Waals surface area contributed by atoms with E-state index >= 15 is 0 Å². The van der Waals surface area contributed by atoms with Gasteiger partial charge in [-0.05, 0) is 24.6 Å². The predicted octanol–water partition coefficient (Wildman–Crippen LogP) is 4.95. The summed E-state index contributed by atoms with van der Waals surface area (Å²) in [4.78, 5) is 16.8. The Labute approximate surface area is 144 Å². The number of carbonyl (C=O) groups excluding carboxylic acids is 1. The summed E-state index contributed by atoms with van der Waals surface area (Å²) in [6, 6.07) is 15.0. The second kappa shape index (κ2) is 6.94. The topological polar surface area (TPSA) is 42.0 Å². The molecular weight excluding hydrogens is 328 g/mol. The number of hydrogen-bond donors (Lipinski definition) is 1. The van der Waals surface area contributed by atoms with Gasteiger partial charge in [-0.15, -0.1) is 11.3 Å². The van der Waals surface area contributed by atoms with Gasteiger partial charge < -0.3 is 5.32 Å². The van der Waals surface area contributed by atoms with Crippen molar-refractivity contribution < 1.29 is 4.79 Å². The van der Waals surface area contributed by atoms with Gasteiger partial charge in [0.05, 0.1) is 22.8 Å². The molecule has 3 aromatic rings. The number of amides is 1. The van der Waals surface area contributed by atoms with Crippen molar-refractivity contribution in [3.63, 3.8) is 0 Å². The zero-order chi connectivity index (χ0) is 16.2. The summed E-state index contributed by atoms with van der Waals surface area (Å²) in [5, 5.41) is 6.56. The number of aryl methyl sites for hydroxylation is 1. The fourth-order valence-corrected chi connectivity index (χ4v) is 3.13. The standard InChI is InChI=1S/C18H15ClN2OS/c1-12-20-17(11-23-12)14-7-3-5-9-16(14)21-18(22)10-13-6-2-4-8-15(13)19/h2-9,11H,10H2,1H3,(H,21,22). The van der Waals surface area contributed by atoms with Crippen molar-refractivity contribution in [1.82, 2.24) is 4.98 Å². The molecule has 23 heavy (non-hydrogen) atoms. The van der Waals surface area contributed by atoms with E-state index in [2.05, 4.69) is 10.3 Å². The van der Waals surface area contributed by atoms with Crippen LogP contribution in [0.5, 0.6) is 0 Å². The number of anilines is 1. The first-order chi connectivity index (χ1) is 11.1. The van der Waals surface area contributed by atoms with Crippen LogP contribution < -0.4 is 5.32 Å². The average molecular weight is 343 g/mol. The van der Waals surface area contributed by atoms with E-state index in [-0.39, 0.29) is 12.3 Å². The minimum absolute atomic E-state index is 0.0995. The van der Waals surface area contributed by atoms with E-state index < -0.39 is 0 Å². The molecule has 1 heterocycles. The van der Waals surface area contributed by atoms with Crippen LogP contribution in [0.25, 0.3) is 11.3 Å². The van der Waals surface area contributed by atoms with Crippen molar-refractivity contribution in [2.24, 2.45) is 0 Å². The Balaban J connectivity index is 1.81. The maximum Gasteiger partial charge on any atom is 0.228 e. The van der Waals surface area contributed by atoms with E-state index in [1.165, 1.54) is 0 Å². The molecule has 0 aliphatic rings. The van der Waals surface area contributed by atoms with Crippen molar-refractivity contribution in [2.75, 3.05) is 5.32 Å². The first-order valence-electron chi connectivity index (χ1n) is 7.18. The number of rotatable bonds is 4. The summed E-state index contributed by atoms with van der Waals surface area (Å²) in [6.07, 6.45) is 0.240. The van der Waals surface area contributed by atoms with Crippen molar-refractivity contribution in [3.05, 3.63) is 69.5 Å². The van der Waals surface area contributed by atoms with Crippen LogP contribution in [0.2, 0.25) is 5.02 Å². The molecule has 1 amide bonds. The Bertz CT molecular complexity index is 844. The molecule has 0 aliphatic carbocycles. The highest BCUT2D eigenvalue weighted by Crippen LogP contribution is 2.29. The molecule has 1 aromatic heterocycles. The molecule has 1 N–H and O–H groups in total. The van der Waals surface area contributed by atoms with Crippen molar-refractivity contribution in [1.29, 1.82) is 0 Å². The fourth-order valence-electron chi connectivity index (χ4n) is 2.31. The van der Waals surface area contributed by atoms with Crippen LogP contribution in [-0.4, -0.2) is 10.9 Å². The molecule has 0 saturated heterocycles. The van der Waals surface area contributed by atoms with Gasteiger partial charge in [0, 0.05) is 16.0 Å². The third-order valence-electron chi connectivity index (χ3n) is 3.40. The molecular formula is C18H15ClN2OS. The highest BCUT2D eigenvalue weighted by Gasteiger charge is 2.12. The average Bonchev–Trinajstić information content (AvgIpc) is 2.96. The van der Waals surface area contributed by atoms with Gasteiger partial charge in [0.1, 0.15) is 0 Å². The molecule has 0 radical (unpaired) electrons. The summed E-state index contributed by atoms with van der Waals surface area (Å²) < 4.78 is 0. The lowest BCUT2D eigenvalue weighted by atomic mass is 10.1. The quantitative estimate of drug-likeness (QED) is 0.728. The van der Waals surface area contributed by atoms with Crippen LogP contribution in [0.15, 0.2) is 53.9 Å². The summed E-state index contributed by atoms with van der Waals surface area (Å²) in [6.45, 7) is 1.97. The number of aromatic nitrogens is 1. The zero-order valence-corrected chi connectivity index (χ0v) is 14.1. The number of nitrogens with one attached hydrogen (secondary N) is 1. The second-order valence-corrected chi connectivity index (χ2v) is 6.58. The van der Waals surface area contributed by atoms with Gasteiger partial charge in [0.25, 0.3) is 0 Å². The first-order valence-corrected chi connectivity index (χ1v) is 8.44. The maximum absolute atomic E-state index is 12.3. The van der Waals surface area contributed by atoms with Crippen LogP contribution in [-0.2, 0) is 11.2 Å². The van der Waals surface area contributed by atoms with E-state index in [0.717, 1.165) is 27.5 Å². The Morgan fingerprint density at radius 2 is 1.91 bits per heavy atom. The molecule has 0 saturated carbocycles. The molecule has 5 heteroatoms. The lowest BCUT2D eigenvalue weighted by Crippen LogP contribution is -2.15. The van der Waals surface area contributed by atoms with Gasteiger partial charge in [-0.2, -0.15) is 0 Å². The molecule has 3 nitrogen and oxygen atoms in total. The number of hydrogen-bond acceptors (Lipinski definition) is 3. The number of benzene rings is 2.